The molecule has 1 aromatic carbocycles. The number of hydrogen-bond acceptors (Lipinski definition) is 3. The molecule has 0 saturated heterocycles. The number of halogens is 1. The van der Waals surface area contributed by atoms with E-state index >= 15 is 0 Å². The van der Waals surface area contributed by atoms with Crippen LogP contribution in [0.2, 0.25) is 0 Å². The summed E-state index contributed by atoms with van der Waals surface area (Å²) in [7, 11) is 0. The zero-order valence-corrected chi connectivity index (χ0v) is 9.02. The molecule has 5 heteroatoms. The van der Waals surface area contributed by atoms with E-state index in [0.717, 1.165) is 4.47 Å². The number of aromatic nitrogens is 1. The molecule has 0 unspecified atom stereocenters. The first-order valence-corrected chi connectivity index (χ1v) is 4.89. The number of hydrogen-bond donors (Lipinski definition) is 2. The van der Waals surface area contributed by atoms with Crippen LogP contribution >= 0.6 is 15.9 Å². The number of carboxylic acids is 1. The van der Waals surface area contributed by atoms with Crippen LogP contribution in [0.5, 0.6) is 5.75 Å². The van der Waals surface area contributed by atoms with Crippen molar-refractivity contribution in [1.29, 1.82) is 0 Å². The van der Waals surface area contributed by atoms with Crippen LogP contribution in [0.3, 0.4) is 0 Å². The molecule has 0 aliphatic heterocycles. The Morgan fingerprint density at radius 3 is 2.80 bits per heavy atom. The topological polar surface area (TPSA) is 70.4 Å². The predicted molar refractivity (Wildman–Crippen MR) is 58.1 cm³/mol. The minimum atomic E-state index is -1.19. The van der Waals surface area contributed by atoms with E-state index in [1.165, 1.54) is 12.3 Å². The van der Waals surface area contributed by atoms with Gasteiger partial charge in [0.05, 0.1) is 5.52 Å². The number of benzene rings is 1. The standard InChI is InChI=1S/C10H6BrNO3/c11-6-3-5-1-2-7(13)8(10(14)15)9(5)12-4-6/h1-4,13H,(H,14,15). The van der Waals surface area contributed by atoms with E-state index in [0.29, 0.717) is 5.39 Å². The Morgan fingerprint density at radius 1 is 1.40 bits per heavy atom. The van der Waals surface area contributed by atoms with Gasteiger partial charge < -0.3 is 10.2 Å². The van der Waals surface area contributed by atoms with Crippen LogP contribution in [0, 0.1) is 0 Å². The second-order valence-corrected chi connectivity index (χ2v) is 3.91. The number of phenols is 1. The van der Waals surface area contributed by atoms with Gasteiger partial charge in [-0.15, -0.1) is 0 Å². The van der Waals surface area contributed by atoms with Gasteiger partial charge in [0.25, 0.3) is 0 Å². The normalized spacial score (nSPS) is 10.5. The maximum Gasteiger partial charge on any atom is 0.341 e. The van der Waals surface area contributed by atoms with Gasteiger partial charge in [-0.2, -0.15) is 0 Å². The monoisotopic (exact) mass is 267 g/mol. The minimum Gasteiger partial charge on any atom is -0.507 e. The van der Waals surface area contributed by atoms with Crippen molar-refractivity contribution in [2.24, 2.45) is 0 Å². The van der Waals surface area contributed by atoms with Crippen molar-refractivity contribution in [2.75, 3.05) is 0 Å². The first-order chi connectivity index (χ1) is 7.09. The molecule has 15 heavy (non-hydrogen) atoms. The molecule has 0 atom stereocenters. The second kappa shape index (κ2) is 3.51. The maximum atomic E-state index is 10.9. The van der Waals surface area contributed by atoms with Crippen LogP contribution in [0.4, 0.5) is 0 Å². The fraction of sp³-hybridized carbons (Fsp3) is 0. The van der Waals surface area contributed by atoms with Crippen LogP contribution in [0.25, 0.3) is 10.9 Å². The highest BCUT2D eigenvalue weighted by Crippen LogP contribution is 2.27. The molecule has 2 rings (SSSR count). The Morgan fingerprint density at radius 2 is 2.13 bits per heavy atom. The predicted octanol–water partition coefficient (Wildman–Crippen LogP) is 2.40. The zero-order valence-electron chi connectivity index (χ0n) is 7.44. The lowest BCUT2D eigenvalue weighted by Gasteiger charge is -2.04. The van der Waals surface area contributed by atoms with Crippen LogP contribution in [0.1, 0.15) is 10.4 Å². The molecule has 0 aliphatic rings. The van der Waals surface area contributed by atoms with E-state index in [-0.39, 0.29) is 16.8 Å². The number of rotatable bonds is 1. The summed E-state index contributed by atoms with van der Waals surface area (Å²) in [5.41, 5.74) is 0.116. The third-order valence-electron chi connectivity index (χ3n) is 2.01. The van der Waals surface area contributed by atoms with E-state index in [2.05, 4.69) is 20.9 Å². The fourth-order valence-electron chi connectivity index (χ4n) is 1.38. The molecule has 1 heterocycles. The van der Waals surface area contributed by atoms with E-state index in [4.69, 9.17) is 5.11 Å². The van der Waals surface area contributed by atoms with Crippen molar-refractivity contribution < 1.29 is 15.0 Å². The van der Waals surface area contributed by atoms with Gasteiger partial charge in [0.15, 0.2) is 0 Å². The molecule has 76 valence electrons. The fourth-order valence-corrected chi connectivity index (χ4v) is 1.72. The van der Waals surface area contributed by atoms with Crippen molar-refractivity contribution in [3.05, 3.63) is 34.4 Å². The molecule has 4 nitrogen and oxygen atoms in total. The molecule has 0 fully saturated rings. The minimum absolute atomic E-state index is 0.167. The number of nitrogens with zero attached hydrogens (tertiary/aromatic N) is 1. The van der Waals surface area contributed by atoms with Crippen molar-refractivity contribution in [2.45, 2.75) is 0 Å². The smallest absolute Gasteiger partial charge is 0.341 e. The van der Waals surface area contributed by atoms with Gasteiger partial charge in [0.2, 0.25) is 0 Å². The average molecular weight is 268 g/mol. The summed E-state index contributed by atoms with van der Waals surface area (Å²) in [4.78, 5) is 14.9. The highest BCUT2D eigenvalue weighted by atomic mass is 79.9. The number of carboxylic acid groups (broad SMARTS) is 1. The molecule has 0 aliphatic carbocycles. The summed E-state index contributed by atoms with van der Waals surface area (Å²) in [6, 6.07) is 4.71. The molecule has 0 saturated carbocycles. The third kappa shape index (κ3) is 1.66. The lowest BCUT2D eigenvalue weighted by molar-refractivity contribution is 0.0696. The number of aromatic hydroxyl groups is 1. The van der Waals surface area contributed by atoms with Gasteiger partial charge in [-0.3, -0.25) is 4.98 Å². The van der Waals surface area contributed by atoms with Gasteiger partial charge >= 0.3 is 5.97 Å². The van der Waals surface area contributed by atoms with Crippen molar-refractivity contribution >= 4 is 32.8 Å². The third-order valence-corrected chi connectivity index (χ3v) is 2.45. The molecule has 2 N–H and O–H groups in total. The lowest BCUT2D eigenvalue weighted by atomic mass is 10.1. The summed E-state index contributed by atoms with van der Waals surface area (Å²) in [5.74, 6) is -1.46. The summed E-state index contributed by atoms with van der Waals surface area (Å²) in [6.07, 6.45) is 1.49. The van der Waals surface area contributed by atoms with Crippen LogP contribution in [0.15, 0.2) is 28.9 Å². The molecule has 0 bridgehead atoms. The number of carbonyl (C=O) groups is 1. The molecule has 0 spiro atoms. The average Bonchev–Trinajstić information content (AvgIpc) is 2.17. The van der Waals surface area contributed by atoms with Gasteiger partial charge in [-0.25, -0.2) is 4.79 Å². The summed E-state index contributed by atoms with van der Waals surface area (Å²) in [5, 5.41) is 19.0. The second-order valence-electron chi connectivity index (χ2n) is 2.99. The number of fused-ring (bicyclic) bond motifs is 1. The van der Waals surface area contributed by atoms with Crippen LogP contribution < -0.4 is 0 Å². The molecular weight excluding hydrogens is 262 g/mol. The highest BCUT2D eigenvalue weighted by Gasteiger charge is 2.15. The first-order valence-electron chi connectivity index (χ1n) is 4.10. The first kappa shape index (κ1) is 9.92. The Kier molecular flexibility index (Phi) is 2.32. The largest absolute Gasteiger partial charge is 0.507 e. The van der Waals surface area contributed by atoms with Gasteiger partial charge in [0.1, 0.15) is 11.3 Å². The van der Waals surface area contributed by atoms with Crippen LogP contribution in [-0.2, 0) is 0 Å². The van der Waals surface area contributed by atoms with E-state index in [1.54, 1.807) is 12.1 Å². The SMILES string of the molecule is O=C(O)c1c(O)ccc2cc(Br)cnc12. The molecular formula is C10H6BrNO3. The van der Waals surface area contributed by atoms with E-state index in [1.807, 2.05) is 0 Å². The van der Waals surface area contributed by atoms with Gasteiger partial charge in [-0.1, -0.05) is 0 Å². The lowest BCUT2D eigenvalue weighted by Crippen LogP contribution is -1.99. The highest BCUT2D eigenvalue weighted by molar-refractivity contribution is 9.10. The molecule has 0 radical (unpaired) electrons. The van der Waals surface area contributed by atoms with E-state index in [9.17, 15) is 9.90 Å². The van der Waals surface area contributed by atoms with Crippen molar-refractivity contribution in [3.8, 4) is 5.75 Å². The van der Waals surface area contributed by atoms with Crippen LogP contribution in [-0.4, -0.2) is 21.2 Å². The Balaban J connectivity index is 2.88. The summed E-state index contributed by atoms with van der Waals surface area (Å²) >= 11 is 3.24. The summed E-state index contributed by atoms with van der Waals surface area (Å²) in [6.45, 7) is 0. The Bertz CT molecular complexity index is 554. The molecule has 2 aromatic rings. The molecule has 1 aromatic heterocycles. The van der Waals surface area contributed by atoms with E-state index < -0.39 is 5.97 Å². The summed E-state index contributed by atoms with van der Waals surface area (Å²) < 4.78 is 0.761. The Hall–Kier alpha value is -1.62. The van der Waals surface area contributed by atoms with Crippen molar-refractivity contribution in [1.82, 2.24) is 4.98 Å². The maximum absolute atomic E-state index is 10.9. The Labute approximate surface area is 93.3 Å². The van der Waals surface area contributed by atoms with Crippen molar-refractivity contribution in [3.63, 3.8) is 0 Å². The zero-order chi connectivity index (χ0) is 11.0. The number of pyridine rings is 1. The quantitative estimate of drug-likeness (QED) is 0.833. The van der Waals surface area contributed by atoms with Gasteiger partial charge in [-0.05, 0) is 34.1 Å². The molecule has 0 amide bonds. The number of aromatic carboxylic acids is 1. The van der Waals surface area contributed by atoms with Gasteiger partial charge in [0, 0.05) is 16.1 Å².